The van der Waals surface area contributed by atoms with Gasteiger partial charge in [0.1, 0.15) is 5.82 Å². The molecule has 0 aromatic carbocycles. The Hall–Kier alpha value is -1.13. The van der Waals surface area contributed by atoms with E-state index in [0.717, 1.165) is 44.4 Å². The maximum atomic E-state index is 5.25. The molecular formula is C17H29N3O. The number of ether oxygens (including phenoxy) is 1. The number of hydrogen-bond donors (Lipinski definition) is 1. The number of hydrogen-bond acceptors (Lipinski definition) is 4. The molecule has 0 unspecified atom stereocenters. The molecular weight excluding hydrogens is 262 g/mol. The quantitative estimate of drug-likeness (QED) is 0.719. The molecule has 0 atom stereocenters. The van der Waals surface area contributed by atoms with E-state index in [1.807, 2.05) is 6.20 Å². The Balaban J connectivity index is 1.99. The van der Waals surface area contributed by atoms with E-state index in [2.05, 4.69) is 41.2 Å². The fourth-order valence-electron chi connectivity index (χ4n) is 2.64. The van der Waals surface area contributed by atoms with E-state index < -0.39 is 0 Å². The van der Waals surface area contributed by atoms with Crippen molar-refractivity contribution in [3.8, 4) is 0 Å². The first-order valence-corrected chi connectivity index (χ1v) is 8.22. The molecule has 4 nitrogen and oxygen atoms in total. The van der Waals surface area contributed by atoms with Crippen LogP contribution in [0, 0.1) is 0 Å². The van der Waals surface area contributed by atoms with Crippen molar-refractivity contribution in [1.29, 1.82) is 0 Å². The van der Waals surface area contributed by atoms with Crippen LogP contribution in [0.4, 0.5) is 5.82 Å². The number of aromatic nitrogens is 1. The van der Waals surface area contributed by atoms with Crippen LogP contribution in [0.2, 0.25) is 0 Å². The Morgan fingerprint density at radius 2 is 2.10 bits per heavy atom. The number of nitrogens with zero attached hydrogens (tertiary/aromatic N) is 2. The fraction of sp³-hybridized carbons (Fsp3) is 0.706. The summed E-state index contributed by atoms with van der Waals surface area (Å²) in [6, 6.07) is 5.62. The number of rotatable bonds is 10. The molecule has 0 spiro atoms. The lowest BCUT2D eigenvalue weighted by Gasteiger charge is -2.31. The van der Waals surface area contributed by atoms with E-state index in [1.165, 1.54) is 18.4 Å². The topological polar surface area (TPSA) is 37.4 Å². The van der Waals surface area contributed by atoms with E-state index in [4.69, 9.17) is 4.74 Å². The summed E-state index contributed by atoms with van der Waals surface area (Å²) >= 11 is 0. The van der Waals surface area contributed by atoms with Crippen molar-refractivity contribution in [1.82, 2.24) is 10.3 Å². The van der Waals surface area contributed by atoms with Gasteiger partial charge in [-0.15, -0.1) is 0 Å². The third-order valence-electron chi connectivity index (χ3n) is 4.20. The van der Waals surface area contributed by atoms with Gasteiger partial charge in [0, 0.05) is 38.5 Å². The molecule has 1 aliphatic rings. The summed E-state index contributed by atoms with van der Waals surface area (Å²) < 4.78 is 5.25. The molecule has 2 rings (SSSR count). The summed E-state index contributed by atoms with van der Waals surface area (Å²) in [6.45, 7) is 7.05. The first-order chi connectivity index (χ1) is 10.3. The van der Waals surface area contributed by atoms with Crippen LogP contribution in [0.3, 0.4) is 0 Å². The predicted molar refractivity (Wildman–Crippen MR) is 87.7 cm³/mol. The van der Waals surface area contributed by atoms with E-state index in [9.17, 15) is 0 Å². The SMILES string of the molecule is CCC(CC)N(CCOC)c1ccc(CNC2CC2)cn1. The van der Waals surface area contributed by atoms with E-state index in [-0.39, 0.29) is 0 Å². The molecule has 4 heteroatoms. The fourth-order valence-corrected chi connectivity index (χ4v) is 2.64. The highest BCUT2D eigenvalue weighted by atomic mass is 16.5. The van der Waals surface area contributed by atoms with Gasteiger partial charge in [-0.3, -0.25) is 0 Å². The molecule has 1 saturated carbocycles. The van der Waals surface area contributed by atoms with Gasteiger partial charge in [-0.25, -0.2) is 4.98 Å². The van der Waals surface area contributed by atoms with Gasteiger partial charge >= 0.3 is 0 Å². The van der Waals surface area contributed by atoms with Gasteiger partial charge in [0.25, 0.3) is 0 Å². The highest BCUT2D eigenvalue weighted by Gasteiger charge is 2.20. The molecule has 0 saturated heterocycles. The lowest BCUT2D eigenvalue weighted by molar-refractivity contribution is 0.202. The van der Waals surface area contributed by atoms with Crippen molar-refractivity contribution in [3.63, 3.8) is 0 Å². The maximum Gasteiger partial charge on any atom is 0.128 e. The molecule has 0 aliphatic heterocycles. The summed E-state index contributed by atoms with van der Waals surface area (Å²) in [6.07, 6.45) is 6.92. The second-order valence-corrected chi connectivity index (χ2v) is 5.84. The van der Waals surface area contributed by atoms with Gasteiger partial charge in [-0.1, -0.05) is 19.9 Å². The van der Waals surface area contributed by atoms with Gasteiger partial charge in [0.05, 0.1) is 6.61 Å². The molecule has 118 valence electrons. The maximum absolute atomic E-state index is 5.25. The molecule has 1 fully saturated rings. The number of methoxy groups -OCH3 is 1. The standard InChI is InChI=1S/C17H29N3O/c1-4-16(5-2)20(10-11-21-3)17-9-6-14(13-19-17)12-18-15-7-8-15/h6,9,13,15-16,18H,4-5,7-8,10-12H2,1-3H3. The summed E-state index contributed by atoms with van der Waals surface area (Å²) in [7, 11) is 1.76. The van der Waals surface area contributed by atoms with Crippen molar-refractivity contribution in [3.05, 3.63) is 23.9 Å². The van der Waals surface area contributed by atoms with Gasteiger partial charge in [0.2, 0.25) is 0 Å². The second kappa shape index (κ2) is 8.35. The zero-order valence-corrected chi connectivity index (χ0v) is 13.6. The van der Waals surface area contributed by atoms with Crippen LogP contribution in [-0.4, -0.2) is 37.3 Å². The van der Waals surface area contributed by atoms with Crippen LogP contribution in [0.25, 0.3) is 0 Å². The molecule has 0 amide bonds. The minimum Gasteiger partial charge on any atom is -0.383 e. The van der Waals surface area contributed by atoms with Crippen molar-refractivity contribution < 1.29 is 4.74 Å². The molecule has 1 heterocycles. The Morgan fingerprint density at radius 3 is 2.62 bits per heavy atom. The second-order valence-electron chi connectivity index (χ2n) is 5.84. The monoisotopic (exact) mass is 291 g/mol. The normalized spacial score (nSPS) is 14.7. The van der Waals surface area contributed by atoms with Gasteiger partial charge in [0.15, 0.2) is 0 Å². The Kier molecular flexibility index (Phi) is 6.46. The summed E-state index contributed by atoms with van der Waals surface area (Å²) in [4.78, 5) is 7.05. The minimum atomic E-state index is 0.531. The molecule has 1 aliphatic carbocycles. The molecule has 0 radical (unpaired) electrons. The molecule has 0 bridgehead atoms. The lowest BCUT2D eigenvalue weighted by Crippen LogP contribution is -2.37. The third kappa shape index (κ3) is 4.97. The highest BCUT2D eigenvalue weighted by Crippen LogP contribution is 2.21. The predicted octanol–water partition coefficient (Wildman–Crippen LogP) is 2.98. The summed E-state index contributed by atoms with van der Waals surface area (Å²) in [5, 5.41) is 3.53. The number of pyridine rings is 1. The van der Waals surface area contributed by atoms with E-state index >= 15 is 0 Å². The van der Waals surface area contributed by atoms with Crippen LogP contribution >= 0.6 is 0 Å². The average molecular weight is 291 g/mol. The van der Waals surface area contributed by atoms with Crippen molar-refractivity contribution in [2.45, 2.75) is 58.2 Å². The van der Waals surface area contributed by atoms with Crippen LogP contribution in [0.15, 0.2) is 18.3 Å². The van der Waals surface area contributed by atoms with Crippen LogP contribution in [-0.2, 0) is 11.3 Å². The van der Waals surface area contributed by atoms with Crippen LogP contribution in [0.1, 0.15) is 45.1 Å². The first-order valence-electron chi connectivity index (χ1n) is 8.22. The average Bonchev–Trinajstić information content (AvgIpc) is 3.34. The van der Waals surface area contributed by atoms with Crippen LogP contribution in [0.5, 0.6) is 0 Å². The van der Waals surface area contributed by atoms with E-state index in [1.54, 1.807) is 7.11 Å². The lowest BCUT2D eigenvalue weighted by atomic mass is 10.1. The first kappa shape index (κ1) is 16.2. The molecule has 1 N–H and O–H groups in total. The number of nitrogens with one attached hydrogen (secondary N) is 1. The Morgan fingerprint density at radius 1 is 1.33 bits per heavy atom. The minimum absolute atomic E-state index is 0.531. The molecule has 21 heavy (non-hydrogen) atoms. The van der Waals surface area contributed by atoms with Gasteiger partial charge in [-0.2, -0.15) is 0 Å². The third-order valence-corrected chi connectivity index (χ3v) is 4.20. The molecule has 1 aromatic heterocycles. The summed E-state index contributed by atoms with van der Waals surface area (Å²) in [5.74, 6) is 1.07. The Bertz CT molecular complexity index is 399. The van der Waals surface area contributed by atoms with Crippen molar-refractivity contribution >= 4 is 5.82 Å². The summed E-state index contributed by atoms with van der Waals surface area (Å²) in [5.41, 5.74) is 1.27. The van der Waals surface area contributed by atoms with Gasteiger partial charge in [-0.05, 0) is 37.3 Å². The zero-order chi connectivity index (χ0) is 15.1. The highest BCUT2D eigenvalue weighted by molar-refractivity contribution is 5.40. The van der Waals surface area contributed by atoms with Crippen molar-refractivity contribution in [2.24, 2.45) is 0 Å². The van der Waals surface area contributed by atoms with E-state index in [0.29, 0.717) is 6.04 Å². The van der Waals surface area contributed by atoms with Gasteiger partial charge < -0.3 is 15.0 Å². The zero-order valence-electron chi connectivity index (χ0n) is 13.6. The number of anilines is 1. The smallest absolute Gasteiger partial charge is 0.128 e. The van der Waals surface area contributed by atoms with Crippen molar-refractivity contribution in [2.75, 3.05) is 25.2 Å². The largest absolute Gasteiger partial charge is 0.383 e. The Labute approximate surface area is 128 Å². The van der Waals surface area contributed by atoms with Crippen LogP contribution < -0.4 is 10.2 Å². The molecule has 1 aromatic rings.